The molecule has 0 aliphatic carbocycles. The van der Waals surface area contributed by atoms with Crippen LogP contribution >= 0.6 is 0 Å². The van der Waals surface area contributed by atoms with Crippen molar-refractivity contribution in [2.24, 2.45) is 0 Å². The summed E-state index contributed by atoms with van der Waals surface area (Å²) in [5.74, 6) is 1.36. The van der Waals surface area contributed by atoms with Crippen LogP contribution in [0.2, 0.25) is 0 Å². The lowest BCUT2D eigenvalue weighted by Gasteiger charge is -2.22. The van der Waals surface area contributed by atoms with E-state index in [1.54, 1.807) is 19.4 Å². The Balaban J connectivity index is 1.95. The van der Waals surface area contributed by atoms with Gasteiger partial charge in [-0.15, -0.1) is 0 Å². The molecular weight excluding hydrogens is 254 g/mol. The van der Waals surface area contributed by atoms with Gasteiger partial charge in [0.2, 0.25) is 5.88 Å². The van der Waals surface area contributed by atoms with E-state index in [2.05, 4.69) is 11.1 Å². The first-order chi connectivity index (χ1) is 9.79. The minimum absolute atomic E-state index is 0.535. The van der Waals surface area contributed by atoms with Crippen molar-refractivity contribution in [1.29, 1.82) is 0 Å². The summed E-state index contributed by atoms with van der Waals surface area (Å²) < 4.78 is 10.8. The van der Waals surface area contributed by atoms with E-state index in [-0.39, 0.29) is 0 Å². The molecule has 1 aromatic carbocycles. The zero-order valence-electron chi connectivity index (χ0n) is 11.4. The maximum absolute atomic E-state index is 10.6. The van der Waals surface area contributed by atoms with Crippen molar-refractivity contribution in [3.05, 3.63) is 53.2 Å². The van der Waals surface area contributed by atoms with Gasteiger partial charge in [-0.05, 0) is 24.5 Å². The average Bonchev–Trinajstić information content (AvgIpc) is 2.54. The number of aliphatic hydroxyl groups is 1. The Kier molecular flexibility index (Phi) is 3.56. The van der Waals surface area contributed by atoms with Crippen LogP contribution in [0.15, 0.2) is 36.5 Å². The molecule has 0 radical (unpaired) electrons. The van der Waals surface area contributed by atoms with Crippen molar-refractivity contribution in [3.8, 4) is 11.6 Å². The van der Waals surface area contributed by atoms with Crippen molar-refractivity contribution < 1.29 is 14.6 Å². The van der Waals surface area contributed by atoms with E-state index in [4.69, 9.17) is 9.47 Å². The SMILES string of the molecule is COc1ccc(C(O)c2cccc3c2OCCC3)cn1. The number of ether oxygens (including phenoxy) is 2. The first kappa shape index (κ1) is 12.9. The Morgan fingerprint density at radius 1 is 1.30 bits per heavy atom. The van der Waals surface area contributed by atoms with Gasteiger partial charge in [-0.3, -0.25) is 0 Å². The Bertz CT molecular complexity index is 595. The standard InChI is InChI=1S/C16H17NO3/c1-19-14-8-7-12(10-17-14)15(18)13-6-2-4-11-5-3-9-20-16(11)13/h2,4,6-8,10,15,18H,3,5,9H2,1H3. The van der Waals surface area contributed by atoms with Crippen LogP contribution in [0.1, 0.15) is 29.2 Å². The van der Waals surface area contributed by atoms with Crippen LogP contribution < -0.4 is 9.47 Å². The molecule has 1 N–H and O–H groups in total. The zero-order chi connectivity index (χ0) is 13.9. The Hall–Kier alpha value is -2.07. The number of fused-ring (bicyclic) bond motifs is 1. The third-order valence-electron chi connectivity index (χ3n) is 3.54. The summed E-state index contributed by atoms with van der Waals surface area (Å²) >= 11 is 0. The number of hydrogen-bond donors (Lipinski definition) is 1. The molecule has 4 nitrogen and oxygen atoms in total. The molecule has 1 aromatic heterocycles. The smallest absolute Gasteiger partial charge is 0.212 e. The molecule has 20 heavy (non-hydrogen) atoms. The highest BCUT2D eigenvalue weighted by atomic mass is 16.5. The average molecular weight is 271 g/mol. The fraction of sp³-hybridized carbons (Fsp3) is 0.312. The van der Waals surface area contributed by atoms with Crippen LogP contribution in [0.25, 0.3) is 0 Å². The van der Waals surface area contributed by atoms with Crippen molar-refractivity contribution in [1.82, 2.24) is 4.98 Å². The second-order valence-corrected chi connectivity index (χ2v) is 4.82. The van der Waals surface area contributed by atoms with E-state index in [1.807, 2.05) is 18.2 Å². The lowest BCUT2D eigenvalue weighted by molar-refractivity contribution is 0.206. The van der Waals surface area contributed by atoms with E-state index in [1.165, 1.54) is 0 Å². The molecule has 0 bridgehead atoms. The van der Waals surface area contributed by atoms with Gasteiger partial charge in [0, 0.05) is 23.4 Å². The van der Waals surface area contributed by atoms with E-state index < -0.39 is 6.10 Å². The molecule has 3 rings (SSSR count). The summed E-state index contributed by atoms with van der Waals surface area (Å²) in [4.78, 5) is 4.13. The monoisotopic (exact) mass is 271 g/mol. The van der Waals surface area contributed by atoms with E-state index in [0.717, 1.165) is 35.3 Å². The van der Waals surface area contributed by atoms with Crippen molar-refractivity contribution in [2.75, 3.05) is 13.7 Å². The van der Waals surface area contributed by atoms with E-state index >= 15 is 0 Å². The largest absolute Gasteiger partial charge is 0.493 e. The zero-order valence-corrected chi connectivity index (χ0v) is 11.4. The van der Waals surface area contributed by atoms with Gasteiger partial charge in [0.15, 0.2) is 0 Å². The highest BCUT2D eigenvalue weighted by Crippen LogP contribution is 2.35. The molecule has 0 saturated heterocycles. The van der Waals surface area contributed by atoms with Crippen molar-refractivity contribution in [3.63, 3.8) is 0 Å². The fourth-order valence-corrected chi connectivity index (χ4v) is 2.48. The molecule has 1 atom stereocenters. The lowest BCUT2D eigenvalue weighted by atomic mass is 9.96. The van der Waals surface area contributed by atoms with Crippen LogP contribution in [0.3, 0.4) is 0 Å². The second kappa shape index (κ2) is 5.51. The maximum atomic E-state index is 10.6. The molecule has 1 aliphatic heterocycles. The number of aryl methyl sites for hydroxylation is 1. The van der Waals surface area contributed by atoms with Gasteiger partial charge in [-0.1, -0.05) is 18.2 Å². The van der Waals surface area contributed by atoms with Gasteiger partial charge in [0.05, 0.1) is 13.7 Å². The quantitative estimate of drug-likeness (QED) is 0.932. The first-order valence-corrected chi connectivity index (χ1v) is 6.72. The second-order valence-electron chi connectivity index (χ2n) is 4.82. The molecule has 104 valence electrons. The molecule has 1 aliphatic rings. The van der Waals surface area contributed by atoms with Crippen LogP contribution in [0.5, 0.6) is 11.6 Å². The molecule has 0 spiro atoms. The number of aromatic nitrogens is 1. The lowest BCUT2D eigenvalue weighted by Crippen LogP contribution is -2.12. The maximum Gasteiger partial charge on any atom is 0.212 e. The summed E-state index contributed by atoms with van der Waals surface area (Å²) in [5, 5.41) is 10.6. The molecule has 0 fully saturated rings. The number of hydrogen-bond acceptors (Lipinski definition) is 4. The molecule has 2 heterocycles. The van der Waals surface area contributed by atoms with Crippen LogP contribution in [-0.4, -0.2) is 23.8 Å². The Morgan fingerprint density at radius 3 is 2.95 bits per heavy atom. The number of para-hydroxylation sites is 1. The summed E-state index contributed by atoms with van der Waals surface area (Å²) in [6.45, 7) is 0.706. The van der Waals surface area contributed by atoms with Crippen molar-refractivity contribution in [2.45, 2.75) is 18.9 Å². The molecular formula is C16H17NO3. The van der Waals surface area contributed by atoms with Gasteiger partial charge in [-0.2, -0.15) is 0 Å². The highest BCUT2D eigenvalue weighted by Gasteiger charge is 2.20. The van der Waals surface area contributed by atoms with Crippen LogP contribution in [0, 0.1) is 0 Å². The summed E-state index contributed by atoms with van der Waals surface area (Å²) in [6.07, 6.45) is 2.92. The van der Waals surface area contributed by atoms with Gasteiger partial charge < -0.3 is 14.6 Å². The van der Waals surface area contributed by atoms with Crippen LogP contribution in [-0.2, 0) is 6.42 Å². The minimum atomic E-state index is -0.735. The predicted molar refractivity (Wildman–Crippen MR) is 75.1 cm³/mol. The van der Waals surface area contributed by atoms with Gasteiger partial charge in [0.25, 0.3) is 0 Å². The van der Waals surface area contributed by atoms with Crippen LogP contribution in [0.4, 0.5) is 0 Å². The molecule has 0 saturated carbocycles. The number of nitrogens with zero attached hydrogens (tertiary/aromatic N) is 1. The third kappa shape index (κ3) is 2.34. The van der Waals surface area contributed by atoms with Gasteiger partial charge >= 0.3 is 0 Å². The summed E-state index contributed by atoms with van der Waals surface area (Å²) in [7, 11) is 1.57. The Morgan fingerprint density at radius 2 is 2.20 bits per heavy atom. The Labute approximate surface area is 118 Å². The number of aliphatic hydroxyl groups excluding tert-OH is 1. The number of benzene rings is 1. The number of rotatable bonds is 3. The molecule has 0 amide bonds. The van der Waals surface area contributed by atoms with Gasteiger partial charge in [0.1, 0.15) is 11.9 Å². The number of pyridine rings is 1. The van der Waals surface area contributed by atoms with Gasteiger partial charge in [-0.25, -0.2) is 4.98 Å². The van der Waals surface area contributed by atoms with Crippen molar-refractivity contribution >= 4 is 0 Å². The fourth-order valence-electron chi connectivity index (χ4n) is 2.48. The highest BCUT2D eigenvalue weighted by molar-refractivity contribution is 5.46. The third-order valence-corrected chi connectivity index (χ3v) is 3.54. The molecule has 4 heteroatoms. The predicted octanol–water partition coefficient (Wildman–Crippen LogP) is 2.50. The number of methoxy groups -OCH3 is 1. The molecule has 2 aromatic rings. The summed E-state index contributed by atoms with van der Waals surface area (Å²) in [6, 6.07) is 9.48. The first-order valence-electron chi connectivity index (χ1n) is 6.72. The topological polar surface area (TPSA) is 51.6 Å². The summed E-state index contributed by atoms with van der Waals surface area (Å²) in [5.41, 5.74) is 2.69. The minimum Gasteiger partial charge on any atom is -0.493 e. The molecule has 1 unspecified atom stereocenters. The van der Waals surface area contributed by atoms with E-state index in [9.17, 15) is 5.11 Å². The normalized spacial score (nSPS) is 15.1. The van der Waals surface area contributed by atoms with E-state index in [0.29, 0.717) is 12.5 Å².